The Bertz CT molecular complexity index is 572. The Hall–Kier alpha value is -2.10. The highest BCUT2D eigenvalue weighted by Crippen LogP contribution is 2.20. The van der Waals surface area contributed by atoms with Gasteiger partial charge in [-0.2, -0.15) is 4.39 Å². The van der Waals surface area contributed by atoms with Gasteiger partial charge in [0.2, 0.25) is 5.83 Å². The number of aromatic amines is 1. The minimum Gasteiger partial charge on any atom is -0.461 e. The van der Waals surface area contributed by atoms with Crippen molar-refractivity contribution in [1.29, 1.82) is 0 Å². The maximum absolute atomic E-state index is 13.4. The molecule has 4 heteroatoms. The molecular weight excluding hydrogens is 221 g/mol. The van der Waals surface area contributed by atoms with Crippen LogP contribution in [0.1, 0.15) is 12.5 Å². The molecule has 0 saturated carbocycles. The third kappa shape index (κ3) is 2.36. The van der Waals surface area contributed by atoms with E-state index in [1.165, 1.54) is 6.08 Å². The molecule has 1 aromatic heterocycles. The maximum atomic E-state index is 13.4. The topological polar surface area (TPSA) is 42.1 Å². The molecule has 2 rings (SSSR count). The van der Waals surface area contributed by atoms with Crippen LogP contribution in [0, 0.1) is 0 Å². The lowest BCUT2D eigenvalue weighted by Gasteiger charge is -1.97. The predicted octanol–water partition coefficient (Wildman–Crippen LogP) is 3.04. The van der Waals surface area contributed by atoms with Gasteiger partial charge in [0.15, 0.2) is 0 Å². The maximum Gasteiger partial charge on any atom is 0.367 e. The van der Waals surface area contributed by atoms with Crippen LogP contribution in [-0.2, 0) is 9.53 Å². The Kier molecular flexibility index (Phi) is 3.23. The number of nitrogens with one attached hydrogen (secondary N) is 1. The zero-order valence-electron chi connectivity index (χ0n) is 9.37. The average molecular weight is 233 g/mol. The van der Waals surface area contributed by atoms with Gasteiger partial charge in [0, 0.05) is 22.7 Å². The summed E-state index contributed by atoms with van der Waals surface area (Å²) in [4.78, 5) is 14.1. The fraction of sp³-hybridized carbons (Fsp3) is 0.154. The molecule has 0 spiro atoms. The van der Waals surface area contributed by atoms with E-state index in [4.69, 9.17) is 0 Å². The minimum atomic E-state index is -0.933. The second-order valence-corrected chi connectivity index (χ2v) is 3.50. The molecule has 0 radical (unpaired) electrons. The van der Waals surface area contributed by atoms with Crippen molar-refractivity contribution in [2.75, 3.05) is 6.61 Å². The summed E-state index contributed by atoms with van der Waals surface area (Å²) in [6.45, 7) is 1.80. The first-order chi connectivity index (χ1) is 8.22. The molecule has 0 aliphatic carbocycles. The van der Waals surface area contributed by atoms with Crippen molar-refractivity contribution in [3.63, 3.8) is 0 Å². The van der Waals surface area contributed by atoms with Gasteiger partial charge in [0.25, 0.3) is 0 Å². The molecule has 17 heavy (non-hydrogen) atoms. The molecule has 0 amide bonds. The highest BCUT2D eigenvalue weighted by molar-refractivity contribution is 5.96. The number of para-hydroxylation sites is 1. The molecule has 2 aromatic rings. The second kappa shape index (κ2) is 4.82. The number of hydrogen-bond donors (Lipinski definition) is 1. The molecule has 1 heterocycles. The van der Waals surface area contributed by atoms with Gasteiger partial charge in [0.05, 0.1) is 6.61 Å². The first-order valence-corrected chi connectivity index (χ1v) is 5.33. The summed E-state index contributed by atoms with van der Waals surface area (Å²) in [5.41, 5.74) is 1.53. The average Bonchev–Trinajstić information content (AvgIpc) is 2.73. The van der Waals surface area contributed by atoms with Crippen molar-refractivity contribution in [3.8, 4) is 0 Å². The van der Waals surface area contributed by atoms with Crippen LogP contribution in [0.5, 0.6) is 0 Å². The molecule has 3 nitrogen and oxygen atoms in total. The largest absolute Gasteiger partial charge is 0.461 e. The number of aromatic nitrogens is 1. The van der Waals surface area contributed by atoms with Crippen LogP contribution in [0.25, 0.3) is 17.0 Å². The number of rotatable bonds is 3. The Morgan fingerprint density at radius 2 is 2.24 bits per heavy atom. The number of H-pyrrole nitrogens is 1. The summed E-state index contributed by atoms with van der Waals surface area (Å²) in [5, 5.41) is 0.868. The SMILES string of the molecule is CCOC(=O)C(F)=Cc1c[nH]c2ccccc12. The van der Waals surface area contributed by atoms with Gasteiger partial charge in [-0.15, -0.1) is 0 Å². The van der Waals surface area contributed by atoms with Crippen molar-refractivity contribution in [2.24, 2.45) is 0 Å². The van der Waals surface area contributed by atoms with Gasteiger partial charge in [-0.1, -0.05) is 18.2 Å². The number of hydrogen-bond acceptors (Lipinski definition) is 2. The number of carbonyl (C=O) groups is 1. The zero-order valence-corrected chi connectivity index (χ0v) is 9.37. The van der Waals surface area contributed by atoms with Crippen molar-refractivity contribution in [2.45, 2.75) is 6.92 Å². The lowest BCUT2D eigenvalue weighted by molar-refractivity contribution is -0.140. The van der Waals surface area contributed by atoms with Crippen molar-refractivity contribution in [1.82, 2.24) is 4.98 Å². The number of esters is 1. The molecule has 0 aliphatic rings. The van der Waals surface area contributed by atoms with E-state index in [1.54, 1.807) is 13.1 Å². The van der Waals surface area contributed by atoms with E-state index in [2.05, 4.69) is 9.72 Å². The van der Waals surface area contributed by atoms with Gasteiger partial charge < -0.3 is 9.72 Å². The van der Waals surface area contributed by atoms with Crippen molar-refractivity contribution < 1.29 is 13.9 Å². The number of benzene rings is 1. The standard InChI is InChI=1S/C13H12FNO2/c1-2-17-13(16)11(14)7-9-8-15-12-6-4-3-5-10(9)12/h3-8,15H,2H2,1H3. The lowest BCUT2D eigenvalue weighted by atomic mass is 10.1. The predicted molar refractivity (Wildman–Crippen MR) is 64.0 cm³/mol. The fourth-order valence-corrected chi connectivity index (χ4v) is 1.61. The molecule has 1 N–H and O–H groups in total. The molecule has 0 aliphatic heterocycles. The van der Waals surface area contributed by atoms with Gasteiger partial charge in [0.1, 0.15) is 0 Å². The van der Waals surface area contributed by atoms with Crippen LogP contribution in [-0.4, -0.2) is 17.6 Å². The number of halogens is 1. The summed E-state index contributed by atoms with van der Waals surface area (Å²) in [6.07, 6.45) is 2.83. The molecule has 1 aromatic carbocycles. The number of carbonyl (C=O) groups excluding carboxylic acids is 1. The molecule has 0 bridgehead atoms. The fourth-order valence-electron chi connectivity index (χ4n) is 1.61. The third-order valence-corrected chi connectivity index (χ3v) is 2.37. The van der Waals surface area contributed by atoms with Crippen molar-refractivity contribution in [3.05, 3.63) is 41.9 Å². The highest BCUT2D eigenvalue weighted by Gasteiger charge is 2.10. The van der Waals surface area contributed by atoms with E-state index in [0.29, 0.717) is 5.56 Å². The minimum absolute atomic E-state index is 0.161. The molecule has 0 atom stereocenters. The summed E-state index contributed by atoms with van der Waals surface area (Å²) >= 11 is 0. The van der Waals surface area contributed by atoms with Gasteiger partial charge in [-0.05, 0) is 19.1 Å². The monoisotopic (exact) mass is 233 g/mol. The molecule has 0 fully saturated rings. The van der Waals surface area contributed by atoms with Crippen LogP contribution in [0.2, 0.25) is 0 Å². The van der Waals surface area contributed by atoms with E-state index in [9.17, 15) is 9.18 Å². The van der Waals surface area contributed by atoms with E-state index >= 15 is 0 Å². The Morgan fingerprint density at radius 3 is 3.00 bits per heavy atom. The van der Waals surface area contributed by atoms with Gasteiger partial charge in [-0.25, -0.2) is 4.79 Å². The molecule has 88 valence electrons. The number of fused-ring (bicyclic) bond motifs is 1. The van der Waals surface area contributed by atoms with E-state index in [0.717, 1.165) is 10.9 Å². The zero-order chi connectivity index (χ0) is 12.3. The lowest BCUT2D eigenvalue weighted by Crippen LogP contribution is -2.03. The Morgan fingerprint density at radius 1 is 1.47 bits per heavy atom. The third-order valence-electron chi connectivity index (χ3n) is 2.37. The first-order valence-electron chi connectivity index (χ1n) is 5.33. The van der Waals surface area contributed by atoms with Gasteiger partial charge in [-0.3, -0.25) is 0 Å². The molecule has 0 saturated heterocycles. The van der Waals surface area contributed by atoms with Gasteiger partial charge >= 0.3 is 5.97 Å². The van der Waals surface area contributed by atoms with Crippen molar-refractivity contribution >= 4 is 22.9 Å². The van der Waals surface area contributed by atoms with Crippen LogP contribution < -0.4 is 0 Å². The summed E-state index contributed by atoms with van der Waals surface area (Å²) in [7, 11) is 0. The molecule has 0 unspecified atom stereocenters. The Balaban J connectivity index is 2.35. The summed E-state index contributed by atoms with van der Waals surface area (Å²) in [5.74, 6) is -1.82. The quantitative estimate of drug-likeness (QED) is 0.654. The van der Waals surface area contributed by atoms with Crippen LogP contribution in [0.3, 0.4) is 0 Å². The normalized spacial score (nSPS) is 11.8. The van der Waals surface area contributed by atoms with Crippen LogP contribution in [0.15, 0.2) is 36.3 Å². The van der Waals surface area contributed by atoms with Crippen LogP contribution >= 0.6 is 0 Å². The summed E-state index contributed by atoms with van der Waals surface area (Å²) < 4.78 is 18.0. The highest BCUT2D eigenvalue weighted by atomic mass is 19.1. The van der Waals surface area contributed by atoms with Crippen LogP contribution in [0.4, 0.5) is 4.39 Å². The smallest absolute Gasteiger partial charge is 0.367 e. The molecular formula is C13H12FNO2. The number of ether oxygens (including phenoxy) is 1. The second-order valence-electron chi connectivity index (χ2n) is 3.50. The Labute approximate surface area is 97.9 Å². The van der Waals surface area contributed by atoms with E-state index in [-0.39, 0.29) is 6.61 Å². The van der Waals surface area contributed by atoms with E-state index in [1.807, 2.05) is 24.3 Å². The summed E-state index contributed by atoms with van der Waals surface area (Å²) in [6, 6.07) is 7.48. The van der Waals surface area contributed by atoms with E-state index < -0.39 is 11.8 Å². The first kappa shape index (κ1) is 11.4.